The fraction of sp³-hybridized carbons (Fsp3) is 0.440. The van der Waals surface area contributed by atoms with Gasteiger partial charge in [0.1, 0.15) is 18.1 Å². The van der Waals surface area contributed by atoms with Crippen molar-refractivity contribution in [3.63, 3.8) is 0 Å². The van der Waals surface area contributed by atoms with E-state index in [1.54, 1.807) is 13.3 Å². The van der Waals surface area contributed by atoms with E-state index >= 15 is 0 Å². The highest BCUT2D eigenvalue weighted by atomic mass is 16.5. The first-order valence-corrected chi connectivity index (χ1v) is 11.4. The van der Waals surface area contributed by atoms with E-state index in [1.165, 1.54) is 0 Å². The van der Waals surface area contributed by atoms with E-state index in [2.05, 4.69) is 23.8 Å². The average molecular weight is 449 g/mol. The molecule has 174 valence electrons. The highest BCUT2D eigenvalue weighted by Crippen LogP contribution is 2.38. The molecular weight excluding hydrogens is 416 g/mol. The van der Waals surface area contributed by atoms with Gasteiger partial charge in [0, 0.05) is 50.7 Å². The number of nitrogens with zero attached hydrogens (tertiary/aromatic N) is 6. The Morgan fingerprint density at radius 1 is 1.27 bits per heavy atom. The fourth-order valence-corrected chi connectivity index (χ4v) is 4.41. The number of hydrogen-bond acceptors (Lipinski definition) is 6. The van der Waals surface area contributed by atoms with E-state index < -0.39 is 0 Å². The second-order valence-corrected chi connectivity index (χ2v) is 8.91. The van der Waals surface area contributed by atoms with Gasteiger partial charge in [-0.05, 0) is 30.5 Å². The van der Waals surface area contributed by atoms with Crippen molar-refractivity contribution < 1.29 is 9.53 Å². The van der Waals surface area contributed by atoms with Crippen molar-refractivity contribution in [2.24, 2.45) is 0 Å². The molecule has 1 amide bonds. The van der Waals surface area contributed by atoms with Crippen LogP contribution in [0.5, 0.6) is 5.75 Å². The lowest BCUT2D eigenvalue weighted by molar-refractivity contribution is -0.132. The van der Waals surface area contributed by atoms with E-state index in [0.717, 1.165) is 41.2 Å². The minimum Gasteiger partial charge on any atom is -0.497 e. The van der Waals surface area contributed by atoms with Gasteiger partial charge in [-0.2, -0.15) is 0 Å². The Morgan fingerprint density at radius 2 is 2.09 bits per heavy atom. The van der Waals surface area contributed by atoms with Gasteiger partial charge in [-0.15, -0.1) is 0 Å². The first kappa shape index (κ1) is 22.8. The predicted octanol–water partition coefficient (Wildman–Crippen LogP) is 3.90. The van der Waals surface area contributed by atoms with Crippen molar-refractivity contribution in [2.45, 2.75) is 45.2 Å². The number of carbonyl (C=O) groups excluding carboxylic acids is 1. The molecule has 1 saturated heterocycles. The maximum atomic E-state index is 13.4. The van der Waals surface area contributed by atoms with E-state index in [4.69, 9.17) is 9.72 Å². The number of carbonyl (C=O) groups is 1. The van der Waals surface area contributed by atoms with Gasteiger partial charge in [0.05, 0.1) is 18.8 Å². The molecule has 1 fully saturated rings. The van der Waals surface area contributed by atoms with Gasteiger partial charge in [-0.3, -0.25) is 4.79 Å². The SMILES string of the molecule is COc1cccc(-c2cnc(N(C)C)nc2[C@H]2CCCN2C(=O)Cn2ccnc2C(C)C)c1. The number of imidazole rings is 1. The zero-order chi connectivity index (χ0) is 23.5. The molecule has 2 aromatic heterocycles. The summed E-state index contributed by atoms with van der Waals surface area (Å²) >= 11 is 0. The van der Waals surface area contributed by atoms with Crippen LogP contribution in [0.2, 0.25) is 0 Å². The Hall–Kier alpha value is -3.42. The maximum Gasteiger partial charge on any atom is 0.243 e. The second kappa shape index (κ2) is 9.60. The van der Waals surface area contributed by atoms with Crippen LogP contribution in [-0.2, 0) is 11.3 Å². The summed E-state index contributed by atoms with van der Waals surface area (Å²) in [5, 5.41) is 0. The first-order valence-electron chi connectivity index (χ1n) is 11.4. The fourth-order valence-electron chi connectivity index (χ4n) is 4.41. The number of anilines is 1. The molecule has 0 aliphatic carbocycles. The Balaban J connectivity index is 1.70. The maximum absolute atomic E-state index is 13.4. The monoisotopic (exact) mass is 448 g/mol. The highest BCUT2D eigenvalue weighted by molar-refractivity contribution is 5.78. The van der Waals surface area contributed by atoms with E-state index in [1.807, 2.05) is 65.1 Å². The van der Waals surface area contributed by atoms with Gasteiger partial charge in [0.15, 0.2) is 0 Å². The van der Waals surface area contributed by atoms with Gasteiger partial charge in [0.25, 0.3) is 0 Å². The third-order valence-electron chi connectivity index (χ3n) is 6.04. The third-order valence-corrected chi connectivity index (χ3v) is 6.04. The lowest BCUT2D eigenvalue weighted by atomic mass is 9.99. The van der Waals surface area contributed by atoms with Crippen LogP contribution in [0.15, 0.2) is 42.9 Å². The smallest absolute Gasteiger partial charge is 0.243 e. The van der Waals surface area contributed by atoms with Crippen LogP contribution in [0.25, 0.3) is 11.1 Å². The number of methoxy groups -OCH3 is 1. The average Bonchev–Trinajstić information content (AvgIpc) is 3.48. The first-order chi connectivity index (χ1) is 15.9. The molecule has 0 saturated carbocycles. The number of rotatable bonds is 7. The zero-order valence-corrected chi connectivity index (χ0v) is 20.0. The Bertz CT molecular complexity index is 1120. The molecule has 1 atom stereocenters. The quantitative estimate of drug-likeness (QED) is 0.546. The topological polar surface area (TPSA) is 76.4 Å². The van der Waals surface area contributed by atoms with Gasteiger partial charge >= 0.3 is 0 Å². The molecule has 4 rings (SSSR count). The Morgan fingerprint density at radius 3 is 2.82 bits per heavy atom. The molecule has 0 unspecified atom stereocenters. The molecule has 33 heavy (non-hydrogen) atoms. The van der Waals surface area contributed by atoms with E-state index in [0.29, 0.717) is 12.5 Å². The molecule has 0 spiro atoms. The molecule has 1 aliphatic heterocycles. The number of amides is 1. The standard InChI is InChI=1S/C25H32N6O2/c1-17(2)24-26-11-13-30(24)16-22(32)31-12-7-10-21(31)23-20(15-27-25(28-23)29(3)4)18-8-6-9-19(14-18)33-5/h6,8-9,11,13-15,17,21H,7,10,12,16H2,1-5H3/t21-/m1/s1. The van der Waals surface area contributed by atoms with Crippen LogP contribution in [0.1, 0.15) is 50.2 Å². The molecule has 0 N–H and O–H groups in total. The minimum atomic E-state index is -0.105. The second-order valence-electron chi connectivity index (χ2n) is 8.91. The number of aromatic nitrogens is 4. The molecule has 1 aliphatic rings. The van der Waals surface area contributed by atoms with E-state index in [-0.39, 0.29) is 24.4 Å². The molecule has 8 nitrogen and oxygen atoms in total. The summed E-state index contributed by atoms with van der Waals surface area (Å²) in [5.41, 5.74) is 2.78. The van der Waals surface area contributed by atoms with Crippen LogP contribution in [0.4, 0.5) is 5.95 Å². The Kier molecular flexibility index (Phi) is 6.62. The van der Waals surface area contributed by atoms with Crippen molar-refractivity contribution in [1.29, 1.82) is 0 Å². The predicted molar refractivity (Wildman–Crippen MR) is 128 cm³/mol. The minimum absolute atomic E-state index is 0.0824. The molecule has 3 aromatic rings. The summed E-state index contributed by atoms with van der Waals surface area (Å²) in [6.45, 7) is 5.18. The van der Waals surface area contributed by atoms with Crippen molar-refractivity contribution in [2.75, 3.05) is 32.6 Å². The number of likely N-dealkylation sites (tertiary alicyclic amines) is 1. The summed E-state index contributed by atoms with van der Waals surface area (Å²) in [7, 11) is 5.51. The van der Waals surface area contributed by atoms with Crippen molar-refractivity contribution in [3.05, 3.63) is 54.4 Å². The van der Waals surface area contributed by atoms with Gasteiger partial charge in [0.2, 0.25) is 11.9 Å². The molecular formula is C25H32N6O2. The highest BCUT2D eigenvalue weighted by Gasteiger charge is 2.33. The van der Waals surface area contributed by atoms with Crippen LogP contribution < -0.4 is 9.64 Å². The van der Waals surface area contributed by atoms with Crippen LogP contribution in [-0.4, -0.2) is 58.1 Å². The summed E-state index contributed by atoms with van der Waals surface area (Å²) in [5.74, 6) is 2.67. The van der Waals surface area contributed by atoms with Crippen LogP contribution >= 0.6 is 0 Å². The third kappa shape index (κ3) is 4.69. The summed E-state index contributed by atoms with van der Waals surface area (Å²) in [6.07, 6.45) is 7.32. The van der Waals surface area contributed by atoms with Crippen LogP contribution in [0, 0.1) is 0 Å². The lowest BCUT2D eigenvalue weighted by Gasteiger charge is -2.27. The molecule has 8 heteroatoms. The van der Waals surface area contributed by atoms with Gasteiger partial charge in [-0.1, -0.05) is 26.0 Å². The lowest BCUT2D eigenvalue weighted by Crippen LogP contribution is -2.34. The van der Waals surface area contributed by atoms with Crippen LogP contribution in [0.3, 0.4) is 0 Å². The number of hydrogen-bond donors (Lipinski definition) is 0. The van der Waals surface area contributed by atoms with Crippen molar-refractivity contribution >= 4 is 11.9 Å². The molecule has 3 heterocycles. The summed E-state index contributed by atoms with van der Waals surface area (Å²) in [4.78, 5) is 31.2. The summed E-state index contributed by atoms with van der Waals surface area (Å²) in [6, 6.07) is 7.79. The van der Waals surface area contributed by atoms with Gasteiger partial charge in [-0.25, -0.2) is 15.0 Å². The largest absolute Gasteiger partial charge is 0.497 e. The van der Waals surface area contributed by atoms with Gasteiger partial charge < -0.3 is 19.1 Å². The van der Waals surface area contributed by atoms with Crippen molar-refractivity contribution in [3.8, 4) is 16.9 Å². The molecule has 0 bridgehead atoms. The van der Waals surface area contributed by atoms with E-state index in [9.17, 15) is 4.79 Å². The summed E-state index contributed by atoms with van der Waals surface area (Å²) < 4.78 is 7.38. The normalized spacial score (nSPS) is 15.8. The van der Waals surface area contributed by atoms with Crippen molar-refractivity contribution in [1.82, 2.24) is 24.4 Å². The molecule has 1 aromatic carbocycles. The number of ether oxygens (including phenoxy) is 1. The number of benzene rings is 1. The molecule has 0 radical (unpaired) electrons. The Labute approximate surface area is 195 Å². The zero-order valence-electron chi connectivity index (χ0n) is 20.0.